The first-order chi connectivity index (χ1) is 7.65. The topological polar surface area (TPSA) is 35.6 Å². The van der Waals surface area contributed by atoms with Crippen molar-refractivity contribution < 1.29 is 4.79 Å². The second-order valence-electron chi connectivity index (χ2n) is 4.66. The summed E-state index contributed by atoms with van der Waals surface area (Å²) < 4.78 is 0. The van der Waals surface area contributed by atoms with E-state index in [1.165, 1.54) is 0 Å². The smallest absolute Gasteiger partial charge is 0.236 e. The quantitative estimate of drug-likeness (QED) is 0.761. The fraction of sp³-hybridized carbons (Fsp3) is 0.917. The minimum Gasteiger partial charge on any atom is -0.340 e. The SMILES string of the molecule is CCC(C)N(C)CC(=O)N1CCCNCC1. The molecule has 1 aliphatic rings. The maximum Gasteiger partial charge on any atom is 0.236 e. The molecule has 1 N–H and O–H groups in total. The van der Waals surface area contributed by atoms with Gasteiger partial charge in [0.2, 0.25) is 5.91 Å². The van der Waals surface area contributed by atoms with E-state index in [2.05, 4.69) is 24.1 Å². The Hall–Kier alpha value is -0.610. The molecule has 1 fully saturated rings. The first-order valence-electron chi connectivity index (χ1n) is 6.34. The van der Waals surface area contributed by atoms with Crippen molar-refractivity contribution in [1.29, 1.82) is 0 Å². The molecule has 0 aromatic carbocycles. The summed E-state index contributed by atoms with van der Waals surface area (Å²) in [5.74, 6) is 0.270. The average molecular weight is 227 g/mol. The summed E-state index contributed by atoms with van der Waals surface area (Å²) in [6.07, 6.45) is 2.16. The van der Waals surface area contributed by atoms with Crippen LogP contribution in [0.4, 0.5) is 0 Å². The van der Waals surface area contributed by atoms with Crippen molar-refractivity contribution in [2.75, 3.05) is 39.8 Å². The molecule has 1 atom stereocenters. The van der Waals surface area contributed by atoms with Gasteiger partial charge in [0.05, 0.1) is 6.54 Å². The number of likely N-dealkylation sites (N-methyl/N-ethyl adjacent to an activating group) is 1. The Morgan fingerprint density at radius 3 is 2.88 bits per heavy atom. The Morgan fingerprint density at radius 1 is 1.44 bits per heavy atom. The van der Waals surface area contributed by atoms with Crippen molar-refractivity contribution in [3.63, 3.8) is 0 Å². The molecule has 0 aromatic rings. The largest absolute Gasteiger partial charge is 0.340 e. The van der Waals surface area contributed by atoms with Crippen molar-refractivity contribution in [1.82, 2.24) is 15.1 Å². The van der Waals surface area contributed by atoms with Gasteiger partial charge in [-0.1, -0.05) is 6.92 Å². The number of nitrogens with zero attached hydrogens (tertiary/aromatic N) is 2. The molecule has 0 bridgehead atoms. The van der Waals surface area contributed by atoms with E-state index < -0.39 is 0 Å². The second-order valence-corrected chi connectivity index (χ2v) is 4.66. The van der Waals surface area contributed by atoms with Crippen molar-refractivity contribution in [2.24, 2.45) is 0 Å². The molecule has 16 heavy (non-hydrogen) atoms. The third-order valence-electron chi connectivity index (χ3n) is 3.42. The Morgan fingerprint density at radius 2 is 2.19 bits per heavy atom. The molecule has 0 aliphatic carbocycles. The molecule has 4 nitrogen and oxygen atoms in total. The van der Waals surface area contributed by atoms with Gasteiger partial charge in [-0.3, -0.25) is 9.69 Å². The standard InChI is InChI=1S/C12H25N3O/c1-4-11(2)14(3)10-12(16)15-8-5-6-13-7-9-15/h11,13H,4-10H2,1-3H3. The third kappa shape index (κ3) is 4.10. The van der Waals surface area contributed by atoms with Gasteiger partial charge in [-0.15, -0.1) is 0 Å². The van der Waals surface area contributed by atoms with E-state index in [0.717, 1.165) is 39.0 Å². The maximum absolute atomic E-state index is 12.0. The number of hydrogen-bond acceptors (Lipinski definition) is 3. The number of carbonyl (C=O) groups excluding carboxylic acids is 1. The second kappa shape index (κ2) is 6.86. The van der Waals surface area contributed by atoms with Crippen molar-refractivity contribution in [2.45, 2.75) is 32.7 Å². The Labute approximate surface area is 99.0 Å². The van der Waals surface area contributed by atoms with Crippen LogP contribution < -0.4 is 5.32 Å². The number of amides is 1. The third-order valence-corrected chi connectivity index (χ3v) is 3.42. The molecule has 0 aromatic heterocycles. The summed E-state index contributed by atoms with van der Waals surface area (Å²) in [4.78, 5) is 16.2. The minimum absolute atomic E-state index is 0.270. The van der Waals surface area contributed by atoms with Crippen LogP contribution in [-0.4, -0.2) is 61.5 Å². The van der Waals surface area contributed by atoms with Gasteiger partial charge in [0.15, 0.2) is 0 Å². The molecule has 94 valence electrons. The Kier molecular flexibility index (Phi) is 5.77. The highest BCUT2D eigenvalue weighted by Crippen LogP contribution is 2.02. The summed E-state index contributed by atoms with van der Waals surface area (Å²) in [6, 6.07) is 0.481. The highest BCUT2D eigenvalue weighted by atomic mass is 16.2. The molecular weight excluding hydrogens is 202 g/mol. The Bertz CT molecular complexity index is 212. The van der Waals surface area contributed by atoms with Crippen LogP contribution in [0.2, 0.25) is 0 Å². The van der Waals surface area contributed by atoms with Crippen LogP contribution in [0, 0.1) is 0 Å². The van der Waals surface area contributed by atoms with Crippen LogP contribution in [0.1, 0.15) is 26.7 Å². The summed E-state index contributed by atoms with van der Waals surface area (Å²) in [5.41, 5.74) is 0. The lowest BCUT2D eigenvalue weighted by molar-refractivity contribution is -0.132. The molecule has 0 spiro atoms. The lowest BCUT2D eigenvalue weighted by atomic mass is 10.2. The normalized spacial score (nSPS) is 19.6. The molecule has 1 aliphatic heterocycles. The van der Waals surface area contributed by atoms with Crippen LogP contribution in [0.25, 0.3) is 0 Å². The van der Waals surface area contributed by atoms with Crippen LogP contribution in [0.5, 0.6) is 0 Å². The first-order valence-corrected chi connectivity index (χ1v) is 6.34. The molecule has 1 rings (SSSR count). The zero-order valence-corrected chi connectivity index (χ0v) is 10.8. The summed E-state index contributed by atoms with van der Waals surface area (Å²) in [7, 11) is 2.03. The summed E-state index contributed by atoms with van der Waals surface area (Å²) >= 11 is 0. The zero-order chi connectivity index (χ0) is 12.0. The molecule has 1 amide bonds. The van der Waals surface area contributed by atoms with Gasteiger partial charge in [-0.25, -0.2) is 0 Å². The summed E-state index contributed by atoms with van der Waals surface area (Å²) in [6.45, 7) is 8.59. The molecule has 0 saturated carbocycles. The lowest BCUT2D eigenvalue weighted by Gasteiger charge is -2.27. The molecule has 1 saturated heterocycles. The molecule has 4 heteroatoms. The van der Waals surface area contributed by atoms with Crippen molar-refractivity contribution >= 4 is 5.91 Å². The average Bonchev–Trinajstić information content (AvgIpc) is 2.56. The van der Waals surface area contributed by atoms with Crippen LogP contribution in [-0.2, 0) is 4.79 Å². The van der Waals surface area contributed by atoms with Gasteiger partial charge in [-0.05, 0) is 33.4 Å². The van der Waals surface area contributed by atoms with Crippen molar-refractivity contribution in [3.8, 4) is 0 Å². The maximum atomic E-state index is 12.0. The van der Waals surface area contributed by atoms with Gasteiger partial charge in [0.1, 0.15) is 0 Å². The molecule has 1 unspecified atom stereocenters. The van der Waals surface area contributed by atoms with Gasteiger partial charge < -0.3 is 10.2 Å². The highest BCUT2D eigenvalue weighted by molar-refractivity contribution is 5.78. The van der Waals surface area contributed by atoms with Crippen LogP contribution in [0.3, 0.4) is 0 Å². The van der Waals surface area contributed by atoms with Gasteiger partial charge in [0, 0.05) is 25.7 Å². The monoisotopic (exact) mass is 227 g/mol. The lowest BCUT2D eigenvalue weighted by Crippen LogP contribution is -2.43. The van der Waals surface area contributed by atoms with E-state index in [1.807, 2.05) is 11.9 Å². The van der Waals surface area contributed by atoms with Crippen molar-refractivity contribution in [3.05, 3.63) is 0 Å². The number of hydrogen-bond donors (Lipinski definition) is 1. The first kappa shape index (κ1) is 13.5. The van der Waals surface area contributed by atoms with Crippen LogP contribution in [0.15, 0.2) is 0 Å². The van der Waals surface area contributed by atoms with E-state index in [1.54, 1.807) is 0 Å². The van der Waals surface area contributed by atoms with E-state index in [9.17, 15) is 4.79 Å². The van der Waals surface area contributed by atoms with E-state index in [0.29, 0.717) is 12.6 Å². The fourth-order valence-electron chi connectivity index (χ4n) is 1.88. The van der Waals surface area contributed by atoms with E-state index >= 15 is 0 Å². The van der Waals surface area contributed by atoms with E-state index in [-0.39, 0.29) is 5.91 Å². The van der Waals surface area contributed by atoms with Gasteiger partial charge in [0.25, 0.3) is 0 Å². The highest BCUT2D eigenvalue weighted by Gasteiger charge is 2.18. The predicted molar refractivity (Wildman–Crippen MR) is 66.4 cm³/mol. The van der Waals surface area contributed by atoms with Gasteiger partial charge in [-0.2, -0.15) is 0 Å². The van der Waals surface area contributed by atoms with Gasteiger partial charge >= 0.3 is 0 Å². The number of rotatable bonds is 4. The van der Waals surface area contributed by atoms with Crippen LogP contribution >= 0.6 is 0 Å². The minimum atomic E-state index is 0.270. The predicted octanol–water partition coefficient (Wildman–Crippen LogP) is 0.539. The molecule has 0 radical (unpaired) electrons. The Balaban J connectivity index is 2.37. The zero-order valence-electron chi connectivity index (χ0n) is 10.8. The molecule has 1 heterocycles. The summed E-state index contributed by atoms with van der Waals surface area (Å²) in [5, 5.41) is 3.31. The van der Waals surface area contributed by atoms with E-state index in [4.69, 9.17) is 0 Å². The molecular formula is C12H25N3O. The number of nitrogens with one attached hydrogen (secondary N) is 1. The fourth-order valence-corrected chi connectivity index (χ4v) is 1.88. The number of carbonyl (C=O) groups is 1.